The lowest BCUT2D eigenvalue weighted by molar-refractivity contribution is -0.168. The molecule has 9 heteroatoms. The summed E-state index contributed by atoms with van der Waals surface area (Å²) in [6, 6.07) is 9.69. The van der Waals surface area contributed by atoms with Crippen LogP contribution in [0.25, 0.3) is 10.8 Å². The van der Waals surface area contributed by atoms with Crippen molar-refractivity contribution in [1.29, 1.82) is 0 Å². The van der Waals surface area contributed by atoms with E-state index < -0.39 is 16.9 Å². The van der Waals surface area contributed by atoms with Crippen molar-refractivity contribution in [2.45, 2.75) is 63.5 Å². The molecule has 1 atom stereocenters. The Bertz CT molecular complexity index is 1380. The van der Waals surface area contributed by atoms with Crippen LogP contribution < -0.4 is 10.2 Å². The molecule has 2 N–H and O–H groups in total. The predicted molar refractivity (Wildman–Crippen MR) is 138 cm³/mol. The maximum absolute atomic E-state index is 14.8. The average molecular weight is 511 g/mol. The number of nitrogens with one attached hydrogen (secondary N) is 1. The van der Waals surface area contributed by atoms with E-state index in [2.05, 4.69) is 15.5 Å². The Morgan fingerprint density at radius 2 is 1.84 bits per heavy atom. The zero-order valence-electron chi connectivity index (χ0n) is 21.7. The van der Waals surface area contributed by atoms with Crippen molar-refractivity contribution in [3.63, 3.8) is 0 Å². The van der Waals surface area contributed by atoms with Crippen molar-refractivity contribution < 1.29 is 23.4 Å². The number of carbonyl (C=O) groups is 1. The Hall–Kier alpha value is -3.17. The molecule has 1 amide bonds. The van der Waals surface area contributed by atoms with Crippen LogP contribution in [0.5, 0.6) is 0 Å². The standard InChI is InChI=1S/C28H32F2N4O3/c1-16(18-7-6-8-19(13-18)28(29,30)26(3,4)36)31-24-21-14-22-23(15-20(21)17(2)32-33-24)34(5)25(35)27(22)9-11-37-12-10-27/h6-8,13-16,36H,9-12H2,1-5H3,(H,31,33)/t16-/m1/s1. The van der Waals surface area contributed by atoms with Crippen LogP contribution >= 0.6 is 0 Å². The molecule has 7 nitrogen and oxygen atoms in total. The maximum Gasteiger partial charge on any atom is 0.300 e. The molecule has 0 bridgehead atoms. The van der Waals surface area contributed by atoms with Gasteiger partial charge in [-0.3, -0.25) is 4.79 Å². The van der Waals surface area contributed by atoms with Crippen molar-refractivity contribution in [2.75, 3.05) is 30.5 Å². The van der Waals surface area contributed by atoms with Gasteiger partial charge in [0, 0.05) is 42.3 Å². The molecule has 0 unspecified atom stereocenters. The van der Waals surface area contributed by atoms with Gasteiger partial charge >= 0.3 is 5.92 Å². The van der Waals surface area contributed by atoms with E-state index in [1.54, 1.807) is 24.1 Å². The monoisotopic (exact) mass is 510 g/mol. The molecule has 2 aliphatic rings. The average Bonchev–Trinajstić information content (AvgIpc) is 3.06. The number of nitrogens with zero attached hydrogens (tertiary/aromatic N) is 3. The van der Waals surface area contributed by atoms with Gasteiger partial charge in [0.05, 0.1) is 17.2 Å². The van der Waals surface area contributed by atoms with E-state index in [0.29, 0.717) is 37.4 Å². The van der Waals surface area contributed by atoms with Gasteiger partial charge in [-0.25, -0.2) is 0 Å². The molecular weight excluding hydrogens is 478 g/mol. The van der Waals surface area contributed by atoms with Crippen LogP contribution in [0.2, 0.25) is 0 Å². The van der Waals surface area contributed by atoms with E-state index in [9.17, 15) is 18.7 Å². The SMILES string of the molecule is Cc1nnc(N[C@H](C)c2cccc(C(F)(F)C(C)(C)O)c2)c2cc3c(cc12)N(C)C(=O)C31CCOCC1. The Kier molecular flexibility index (Phi) is 5.99. The Morgan fingerprint density at radius 1 is 1.14 bits per heavy atom. The first-order valence-electron chi connectivity index (χ1n) is 12.5. The third kappa shape index (κ3) is 3.95. The van der Waals surface area contributed by atoms with Crippen molar-refractivity contribution in [3.8, 4) is 0 Å². The minimum atomic E-state index is -3.42. The number of carbonyl (C=O) groups excluding carboxylic acids is 1. The highest BCUT2D eigenvalue weighted by Crippen LogP contribution is 2.49. The number of rotatable bonds is 5. The minimum absolute atomic E-state index is 0.0760. The number of aromatic nitrogens is 2. The van der Waals surface area contributed by atoms with Crippen LogP contribution in [0.4, 0.5) is 20.3 Å². The molecule has 0 aliphatic carbocycles. The van der Waals surface area contributed by atoms with Gasteiger partial charge in [-0.2, -0.15) is 13.9 Å². The van der Waals surface area contributed by atoms with Crippen LogP contribution in [0.15, 0.2) is 36.4 Å². The molecule has 0 saturated carbocycles. The number of amides is 1. The number of alkyl halides is 2. The van der Waals surface area contributed by atoms with Crippen LogP contribution in [0.1, 0.15) is 62.0 Å². The van der Waals surface area contributed by atoms with E-state index in [1.807, 2.05) is 26.0 Å². The molecule has 1 fully saturated rings. The molecule has 1 aromatic heterocycles. The first kappa shape index (κ1) is 25.5. The third-order valence-electron chi connectivity index (χ3n) is 7.89. The van der Waals surface area contributed by atoms with E-state index in [-0.39, 0.29) is 17.5 Å². The number of anilines is 2. The summed E-state index contributed by atoms with van der Waals surface area (Å²) in [6.45, 7) is 6.98. The molecule has 1 saturated heterocycles. The lowest BCUT2D eigenvalue weighted by atomic mass is 9.75. The lowest BCUT2D eigenvalue weighted by Gasteiger charge is -2.32. The summed E-state index contributed by atoms with van der Waals surface area (Å²) in [4.78, 5) is 15.1. The molecular formula is C28H32F2N4O3. The predicted octanol–water partition coefficient (Wildman–Crippen LogP) is 5.00. The Balaban J connectivity index is 1.56. The van der Waals surface area contributed by atoms with Gasteiger partial charge in [0.15, 0.2) is 5.82 Å². The smallest absolute Gasteiger partial charge is 0.300 e. The summed E-state index contributed by atoms with van der Waals surface area (Å²) in [7, 11) is 1.80. The summed E-state index contributed by atoms with van der Waals surface area (Å²) < 4.78 is 35.2. The van der Waals surface area contributed by atoms with E-state index in [4.69, 9.17) is 4.74 Å². The highest BCUT2D eigenvalue weighted by molar-refractivity contribution is 6.11. The maximum atomic E-state index is 14.8. The number of aryl methyl sites for hydroxylation is 1. The summed E-state index contributed by atoms with van der Waals surface area (Å²) in [6.07, 6.45) is 1.24. The molecule has 0 radical (unpaired) electrons. The van der Waals surface area contributed by atoms with Gasteiger partial charge in [-0.15, -0.1) is 5.10 Å². The number of hydrogen-bond donors (Lipinski definition) is 2. The second-order valence-electron chi connectivity index (χ2n) is 10.7. The topological polar surface area (TPSA) is 87.6 Å². The number of hydrogen-bond acceptors (Lipinski definition) is 6. The van der Waals surface area contributed by atoms with Gasteiger partial charge in [0.2, 0.25) is 5.91 Å². The number of fused-ring (bicyclic) bond motifs is 3. The highest BCUT2D eigenvalue weighted by atomic mass is 19.3. The third-order valence-corrected chi connectivity index (χ3v) is 7.89. The van der Waals surface area contributed by atoms with E-state index >= 15 is 0 Å². The van der Waals surface area contributed by atoms with Crippen LogP contribution in [-0.4, -0.2) is 47.1 Å². The van der Waals surface area contributed by atoms with Crippen molar-refractivity contribution in [3.05, 3.63) is 58.8 Å². The molecule has 37 heavy (non-hydrogen) atoms. The Labute approximate surface area is 214 Å². The zero-order chi connectivity index (χ0) is 26.8. The normalized spacial score (nSPS) is 18.4. The number of likely N-dealkylation sites (N-methyl/N-ethyl adjacent to an activating group) is 1. The lowest BCUT2D eigenvalue weighted by Crippen LogP contribution is -2.42. The van der Waals surface area contributed by atoms with Crippen LogP contribution in [0, 0.1) is 6.92 Å². The van der Waals surface area contributed by atoms with Crippen LogP contribution in [-0.2, 0) is 20.9 Å². The largest absolute Gasteiger partial charge is 0.384 e. The fourth-order valence-corrected chi connectivity index (χ4v) is 5.48. The van der Waals surface area contributed by atoms with Crippen molar-refractivity contribution in [2.24, 2.45) is 0 Å². The minimum Gasteiger partial charge on any atom is -0.384 e. The highest BCUT2D eigenvalue weighted by Gasteiger charge is 2.50. The Morgan fingerprint density at radius 3 is 2.51 bits per heavy atom. The fourth-order valence-electron chi connectivity index (χ4n) is 5.48. The summed E-state index contributed by atoms with van der Waals surface area (Å²) in [5.74, 6) is -2.83. The van der Waals surface area contributed by atoms with Gasteiger partial charge in [-0.1, -0.05) is 18.2 Å². The summed E-state index contributed by atoms with van der Waals surface area (Å²) in [5, 5.41) is 23.8. The second-order valence-corrected chi connectivity index (χ2v) is 10.7. The molecule has 2 aromatic carbocycles. The summed E-state index contributed by atoms with van der Waals surface area (Å²) in [5.41, 5.74) is 0.110. The summed E-state index contributed by atoms with van der Waals surface area (Å²) >= 11 is 0. The van der Waals surface area contributed by atoms with Gasteiger partial charge < -0.3 is 20.1 Å². The van der Waals surface area contributed by atoms with Crippen LogP contribution in [0.3, 0.4) is 0 Å². The van der Waals surface area contributed by atoms with Gasteiger partial charge in [0.1, 0.15) is 5.60 Å². The number of benzene rings is 2. The zero-order valence-corrected chi connectivity index (χ0v) is 21.7. The first-order chi connectivity index (χ1) is 17.4. The van der Waals surface area contributed by atoms with Gasteiger partial charge in [-0.05, 0) is 69.9 Å². The first-order valence-corrected chi connectivity index (χ1v) is 12.5. The fraction of sp³-hybridized carbons (Fsp3) is 0.464. The molecule has 1 spiro atoms. The van der Waals surface area contributed by atoms with E-state index in [0.717, 1.165) is 41.6 Å². The number of aliphatic hydroxyl groups is 1. The van der Waals surface area contributed by atoms with Crippen molar-refractivity contribution in [1.82, 2.24) is 10.2 Å². The number of halogens is 2. The molecule has 3 aromatic rings. The van der Waals surface area contributed by atoms with Crippen molar-refractivity contribution >= 4 is 28.2 Å². The quantitative estimate of drug-likeness (QED) is 0.503. The van der Waals surface area contributed by atoms with Gasteiger partial charge in [0.25, 0.3) is 0 Å². The molecule has 196 valence electrons. The molecule has 2 aliphatic heterocycles. The molecule has 3 heterocycles. The second kappa shape index (κ2) is 8.70. The molecule has 5 rings (SSSR count). The number of ether oxygens (including phenoxy) is 1. The van der Waals surface area contributed by atoms with E-state index in [1.165, 1.54) is 12.1 Å².